The molecule has 0 unspecified atom stereocenters. The maximum atomic E-state index is 11.5. The van der Waals surface area contributed by atoms with Gasteiger partial charge >= 0.3 is 11.9 Å². The molecule has 1 aromatic carbocycles. The molecule has 31 heavy (non-hydrogen) atoms. The Balaban J connectivity index is 1.87. The van der Waals surface area contributed by atoms with Gasteiger partial charge in [-0.1, -0.05) is 30.4 Å². The smallest absolute Gasteiger partial charge is 0.303 e. The molecule has 5 atom stereocenters. The number of carboxylic acids is 1. The Kier molecular flexibility index (Phi) is 10.5. The molecule has 0 radical (unpaired) electrons. The van der Waals surface area contributed by atoms with Crippen molar-refractivity contribution in [2.24, 2.45) is 11.8 Å². The SMILES string of the molecule is CC(=O)O[C@H]1C[C@@H](O)[C@H](CC[C@@H](O)COc2ccccc2)[C@H]1C/C=C\CCCC(=O)O. The molecule has 0 saturated heterocycles. The Morgan fingerprint density at radius 1 is 1.19 bits per heavy atom. The van der Waals surface area contributed by atoms with Crippen LogP contribution in [0.2, 0.25) is 0 Å². The molecular formula is C24H34O7. The normalized spacial score (nSPS) is 24.2. The zero-order valence-electron chi connectivity index (χ0n) is 18.1. The summed E-state index contributed by atoms with van der Waals surface area (Å²) in [5, 5.41) is 29.6. The van der Waals surface area contributed by atoms with Crippen molar-refractivity contribution >= 4 is 11.9 Å². The van der Waals surface area contributed by atoms with Crippen molar-refractivity contribution in [3.63, 3.8) is 0 Å². The maximum Gasteiger partial charge on any atom is 0.303 e. The van der Waals surface area contributed by atoms with E-state index in [1.807, 2.05) is 42.5 Å². The molecule has 1 aliphatic rings. The topological polar surface area (TPSA) is 113 Å². The van der Waals surface area contributed by atoms with Crippen molar-refractivity contribution in [1.82, 2.24) is 0 Å². The van der Waals surface area contributed by atoms with Crippen LogP contribution in [-0.2, 0) is 14.3 Å². The lowest BCUT2D eigenvalue weighted by Gasteiger charge is -2.25. The van der Waals surface area contributed by atoms with E-state index in [2.05, 4.69) is 0 Å². The number of hydrogen-bond acceptors (Lipinski definition) is 6. The Hall–Kier alpha value is -2.38. The summed E-state index contributed by atoms with van der Waals surface area (Å²) in [4.78, 5) is 22.1. The molecule has 0 aliphatic heterocycles. The number of ether oxygens (including phenoxy) is 2. The number of carboxylic acid groups (broad SMARTS) is 1. The van der Waals surface area contributed by atoms with Gasteiger partial charge in [-0.3, -0.25) is 9.59 Å². The maximum absolute atomic E-state index is 11.5. The summed E-state index contributed by atoms with van der Waals surface area (Å²) in [5.41, 5.74) is 0. The lowest BCUT2D eigenvalue weighted by molar-refractivity contribution is -0.148. The fourth-order valence-corrected chi connectivity index (χ4v) is 4.15. The monoisotopic (exact) mass is 434 g/mol. The first-order valence-corrected chi connectivity index (χ1v) is 10.9. The molecule has 1 aliphatic carbocycles. The summed E-state index contributed by atoms with van der Waals surface area (Å²) in [6.07, 6.45) is 5.75. The van der Waals surface area contributed by atoms with Crippen molar-refractivity contribution < 1.29 is 34.4 Å². The Bertz CT molecular complexity index is 703. The fourth-order valence-electron chi connectivity index (χ4n) is 4.15. The molecule has 0 heterocycles. The predicted octanol–water partition coefficient (Wildman–Crippen LogP) is 3.34. The van der Waals surface area contributed by atoms with Crippen molar-refractivity contribution in [3.05, 3.63) is 42.5 Å². The third kappa shape index (κ3) is 9.11. The number of esters is 1. The number of para-hydroxylation sites is 1. The van der Waals surface area contributed by atoms with Crippen molar-refractivity contribution in [1.29, 1.82) is 0 Å². The number of aliphatic carboxylic acids is 1. The molecule has 1 fully saturated rings. The zero-order chi connectivity index (χ0) is 22.6. The molecular weight excluding hydrogens is 400 g/mol. The molecule has 1 saturated carbocycles. The number of unbranched alkanes of at least 4 members (excludes halogenated alkanes) is 1. The highest BCUT2D eigenvalue weighted by Gasteiger charge is 2.43. The summed E-state index contributed by atoms with van der Waals surface area (Å²) < 4.78 is 11.0. The molecule has 1 aromatic rings. The van der Waals surface area contributed by atoms with Gasteiger partial charge in [-0.25, -0.2) is 0 Å². The van der Waals surface area contributed by atoms with Gasteiger partial charge in [-0.15, -0.1) is 0 Å². The molecule has 0 amide bonds. The number of hydrogen-bond donors (Lipinski definition) is 3. The molecule has 2 rings (SSSR count). The van der Waals surface area contributed by atoms with Gasteiger partial charge in [0.25, 0.3) is 0 Å². The van der Waals surface area contributed by atoms with Gasteiger partial charge in [-0.05, 0) is 50.2 Å². The average Bonchev–Trinajstić information content (AvgIpc) is 3.01. The lowest BCUT2D eigenvalue weighted by atomic mass is 9.86. The molecule has 0 aromatic heterocycles. The minimum absolute atomic E-state index is 0.0446. The van der Waals surface area contributed by atoms with E-state index in [1.165, 1.54) is 6.92 Å². The standard InChI is InChI=1S/C24H34O7/c1-17(25)31-23-15-22(27)20(21(23)11-7-2-3-8-12-24(28)29)14-13-18(26)16-30-19-9-5-4-6-10-19/h2,4-7,9-10,18,20-23,26-27H,3,8,11-16H2,1H3,(H,28,29)/b7-2-/t18-,20-,21-,22-,23+/m1/s1. The van der Waals surface area contributed by atoms with E-state index in [9.17, 15) is 19.8 Å². The predicted molar refractivity (Wildman–Crippen MR) is 116 cm³/mol. The first-order chi connectivity index (χ1) is 14.9. The van der Waals surface area contributed by atoms with Crippen LogP contribution < -0.4 is 4.74 Å². The Morgan fingerprint density at radius 3 is 2.61 bits per heavy atom. The average molecular weight is 435 g/mol. The summed E-state index contributed by atoms with van der Waals surface area (Å²) >= 11 is 0. The van der Waals surface area contributed by atoms with Gasteiger partial charge in [0.05, 0.1) is 12.2 Å². The van der Waals surface area contributed by atoms with Crippen molar-refractivity contribution in [3.8, 4) is 5.75 Å². The first-order valence-electron chi connectivity index (χ1n) is 10.9. The quantitative estimate of drug-likeness (QED) is 0.248. The van der Waals surface area contributed by atoms with Crippen LogP contribution in [0.1, 0.15) is 51.9 Å². The number of carbonyl (C=O) groups is 2. The van der Waals surface area contributed by atoms with Crippen LogP contribution in [0, 0.1) is 11.8 Å². The molecule has 172 valence electrons. The van der Waals surface area contributed by atoms with Gasteiger partial charge in [-0.2, -0.15) is 0 Å². The summed E-state index contributed by atoms with van der Waals surface area (Å²) in [5.74, 6) is -0.624. The number of rotatable bonds is 13. The highest BCUT2D eigenvalue weighted by molar-refractivity contribution is 5.66. The van der Waals surface area contributed by atoms with E-state index in [0.717, 1.165) is 0 Å². The minimum Gasteiger partial charge on any atom is -0.491 e. The molecule has 7 nitrogen and oxygen atoms in total. The van der Waals surface area contributed by atoms with Crippen LogP contribution >= 0.6 is 0 Å². The van der Waals surface area contributed by atoms with Crippen LogP contribution in [0.3, 0.4) is 0 Å². The molecule has 3 N–H and O–H groups in total. The third-order valence-electron chi connectivity index (χ3n) is 5.67. The minimum atomic E-state index is -0.808. The van der Waals surface area contributed by atoms with E-state index in [4.69, 9.17) is 14.6 Å². The van der Waals surface area contributed by atoms with E-state index in [-0.39, 0.29) is 36.9 Å². The van der Waals surface area contributed by atoms with Crippen LogP contribution in [0.25, 0.3) is 0 Å². The van der Waals surface area contributed by atoms with Gasteiger partial charge in [0.15, 0.2) is 0 Å². The van der Waals surface area contributed by atoms with Gasteiger partial charge < -0.3 is 24.8 Å². The molecule has 7 heteroatoms. The Morgan fingerprint density at radius 2 is 1.94 bits per heavy atom. The number of aliphatic hydroxyl groups excluding tert-OH is 2. The summed E-state index contributed by atoms with van der Waals surface area (Å²) in [6, 6.07) is 9.29. The fraction of sp³-hybridized carbons (Fsp3) is 0.583. The van der Waals surface area contributed by atoms with E-state index in [0.29, 0.717) is 44.3 Å². The second-order valence-electron chi connectivity index (χ2n) is 8.13. The lowest BCUT2D eigenvalue weighted by Crippen LogP contribution is -2.27. The highest BCUT2D eigenvalue weighted by Crippen LogP contribution is 2.40. The second-order valence-corrected chi connectivity index (χ2v) is 8.13. The number of aliphatic hydroxyl groups is 2. The van der Waals surface area contributed by atoms with Crippen LogP contribution in [0.5, 0.6) is 5.75 Å². The summed E-state index contributed by atoms with van der Waals surface area (Å²) in [7, 11) is 0. The first kappa shape index (κ1) is 24.9. The zero-order valence-corrected chi connectivity index (χ0v) is 18.1. The van der Waals surface area contributed by atoms with Gasteiger partial charge in [0.1, 0.15) is 18.5 Å². The molecule has 0 bridgehead atoms. The third-order valence-corrected chi connectivity index (χ3v) is 5.67. The van der Waals surface area contributed by atoms with Crippen molar-refractivity contribution in [2.75, 3.05) is 6.61 Å². The van der Waals surface area contributed by atoms with E-state index in [1.54, 1.807) is 0 Å². The summed E-state index contributed by atoms with van der Waals surface area (Å²) in [6.45, 7) is 1.54. The largest absolute Gasteiger partial charge is 0.491 e. The second kappa shape index (κ2) is 13.1. The van der Waals surface area contributed by atoms with Gasteiger partial charge in [0, 0.05) is 25.7 Å². The molecule has 0 spiro atoms. The number of allylic oxidation sites excluding steroid dienone is 2. The highest BCUT2D eigenvalue weighted by atomic mass is 16.5. The van der Waals surface area contributed by atoms with E-state index >= 15 is 0 Å². The van der Waals surface area contributed by atoms with Crippen molar-refractivity contribution in [2.45, 2.75) is 70.2 Å². The van der Waals surface area contributed by atoms with Gasteiger partial charge in [0.2, 0.25) is 0 Å². The van der Waals surface area contributed by atoms with Crippen LogP contribution in [0.4, 0.5) is 0 Å². The van der Waals surface area contributed by atoms with E-state index < -0.39 is 18.2 Å². The van der Waals surface area contributed by atoms with Crippen LogP contribution in [0.15, 0.2) is 42.5 Å². The Labute approximate surface area is 183 Å². The van der Waals surface area contributed by atoms with Crippen LogP contribution in [-0.4, -0.2) is 52.2 Å². The number of carbonyl (C=O) groups excluding carboxylic acids is 1. The number of benzene rings is 1.